The Morgan fingerprint density at radius 2 is 2.20 bits per heavy atom. The fourth-order valence-corrected chi connectivity index (χ4v) is 2.60. The molecule has 0 unspecified atom stereocenters. The molecule has 0 radical (unpaired) electrons. The molecule has 5 nitrogen and oxygen atoms in total. The number of hydrogen-bond acceptors (Lipinski definition) is 5. The van der Waals surface area contributed by atoms with Gasteiger partial charge in [-0.2, -0.15) is 10.4 Å². The molecular formula is C15H19N3O2. The van der Waals surface area contributed by atoms with Gasteiger partial charge in [-0.05, 0) is 38.5 Å². The molecule has 1 aromatic carbocycles. The van der Waals surface area contributed by atoms with Crippen LogP contribution in [-0.2, 0) is 0 Å². The predicted octanol–water partition coefficient (Wildman–Crippen LogP) is 2.83. The lowest BCUT2D eigenvalue weighted by Gasteiger charge is -2.34. The SMILES string of the molecule is COc1cc([C@H](C#N)N2N=C(C)CC2(C)C)ccc1O. The molecule has 1 heterocycles. The van der Waals surface area contributed by atoms with Crippen LogP contribution in [0.5, 0.6) is 11.5 Å². The highest BCUT2D eigenvalue weighted by molar-refractivity contribution is 5.84. The van der Waals surface area contributed by atoms with Gasteiger partial charge in [0.1, 0.15) is 0 Å². The highest BCUT2D eigenvalue weighted by Gasteiger charge is 2.38. The van der Waals surface area contributed by atoms with Crippen molar-refractivity contribution in [2.45, 2.75) is 38.8 Å². The molecule has 0 aromatic heterocycles. The number of methoxy groups -OCH3 is 1. The molecule has 0 aliphatic carbocycles. The van der Waals surface area contributed by atoms with Crippen molar-refractivity contribution >= 4 is 5.71 Å². The van der Waals surface area contributed by atoms with Gasteiger partial charge in [0.15, 0.2) is 17.5 Å². The van der Waals surface area contributed by atoms with Crippen LogP contribution in [0, 0.1) is 11.3 Å². The van der Waals surface area contributed by atoms with Crippen molar-refractivity contribution in [1.82, 2.24) is 5.01 Å². The van der Waals surface area contributed by atoms with Crippen LogP contribution in [0.2, 0.25) is 0 Å². The van der Waals surface area contributed by atoms with Gasteiger partial charge < -0.3 is 9.84 Å². The molecule has 1 atom stereocenters. The topological polar surface area (TPSA) is 68.8 Å². The lowest BCUT2D eigenvalue weighted by molar-refractivity contribution is 0.122. The third-order valence-electron chi connectivity index (χ3n) is 3.47. The fourth-order valence-electron chi connectivity index (χ4n) is 2.60. The highest BCUT2D eigenvalue weighted by Crippen LogP contribution is 2.37. The Balaban J connectivity index is 2.41. The maximum Gasteiger partial charge on any atom is 0.160 e. The van der Waals surface area contributed by atoms with Crippen LogP contribution < -0.4 is 4.74 Å². The molecule has 0 spiro atoms. The van der Waals surface area contributed by atoms with Gasteiger partial charge >= 0.3 is 0 Å². The molecule has 0 amide bonds. The molecule has 0 saturated heterocycles. The molecule has 20 heavy (non-hydrogen) atoms. The fraction of sp³-hybridized carbons (Fsp3) is 0.467. The maximum absolute atomic E-state index is 9.65. The smallest absolute Gasteiger partial charge is 0.160 e. The number of phenolic OH excluding ortho intramolecular Hbond substituents is 1. The molecule has 0 bridgehead atoms. The summed E-state index contributed by atoms with van der Waals surface area (Å²) >= 11 is 0. The van der Waals surface area contributed by atoms with Gasteiger partial charge in [0.05, 0.1) is 18.7 Å². The number of aromatic hydroxyl groups is 1. The zero-order chi connectivity index (χ0) is 14.9. The largest absolute Gasteiger partial charge is 0.504 e. The van der Waals surface area contributed by atoms with Gasteiger partial charge in [0.25, 0.3) is 0 Å². The minimum Gasteiger partial charge on any atom is -0.504 e. The van der Waals surface area contributed by atoms with E-state index in [-0.39, 0.29) is 11.3 Å². The van der Waals surface area contributed by atoms with E-state index in [2.05, 4.69) is 25.0 Å². The number of benzene rings is 1. The van der Waals surface area contributed by atoms with E-state index >= 15 is 0 Å². The first-order chi connectivity index (χ1) is 9.39. The van der Waals surface area contributed by atoms with Crippen molar-refractivity contribution in [3.8, 4) is 17.6 Å². The summed E-state index contributed by atoms with van der Waals surface area (Å²) in [6, 6.07) is 6.74. The van der Waals surface area contributed by atoms with E-state index in [1.165, 1.54) is 13.2 Å². The van der Waals surface area contributed by atoms with Crippen molar-refractivity contribution in [1.29, 1.82) is 5.26 Å². The molecule has 5 heteroatoms. The summed E-state index contributed by atoms with van der Waals surface area (Å²) in [6.07, 6.45) is 0.834. The number of rotatable bonds is 3. The second-order valence-electron chi connectivity index (χ2n) is 5.63. The Morgan fingerprint density at radius 1 is 1.50 bits per heavy atom. The lowest BCUT2D eigenvalue weighted by atomic mass is 9.96. The monoisotopic (exact) mass is 273 g/mol. The summed E-state index contributed by atoms with van der Waals surface area (Å²) in [6.45, 7) is 6.09. The molecule has 2 rings (SSSR count). The van der Waals surface area contributed by atoms with E-state index in [1.54, 1.807) is 12.1 Å². The third-order valence-corrected chi connectivity index (χ3v) is 3.47. The van der Waals surface area contributed by atoms with Crippen molar-refractivity contribution in [2.75, 3.05) is 7.11 Å². The number of nitriles is 1. The summed E-state index contributed by atoms with van der Waals surface area (Å²) in [5, 5.41) is 25.5. The Kier molecular flexibility index (Phi) is 3.58. The predicted molar refractivity (Wildman–Crippen MR) is 76.7 cm³/mol. The van der Waals surface area contributed by atoms with Gasteiger partial charge in [-0.15, -0.1) is 0 Å². The molecule has 106 valence electrons. The van der Waals surface area contributed by atoms with Crippen LogP contribution >= 0.6 is 0 Å². The van der Waals surface area contributed by atoms with Crippen LogP contribution in [0.15, 0.2) is 23.3 Å². The van der Waals surface area contributed by atoms with Crippen LogP contribution in [0.4, 0.5) is 0 Å². The zero-order valence-electron chi connectivity index (χ0n) is 12.2. The van der Waals surface area contributed by atoms with Crippen molar-refractivity contribution in [3.05, 3.63) is 23.8 Å². The van der Waals surface area contributed by atoms with E-state index in [4.69, 9.17) is 4.74 Å². The van der Waals surface area contributed by atoms with Gasteiger partial charge in [0.2, 0.25) is 0 Å². The summed E-state index contributed by atoms with van der Waals surface area (Å²) in [5.41, 5.74) is 1.57. The Hall–Kier alpha value is -2.22. The number of ether oxygens (including phenoxy) is 1. The zero-order valence-corrected chi connectivity index (χ0v) is 12.2. The normalized spacial score (nSPS) is 18.4. The Morgan fingerprint density at radius 3 is 2.70 bits per heavy atom. The third kappa shape index (κ3) is 2.42. The van der Waals surface area contributed by atoms with Crippen molar-refractivity contribution < 1.29 is 9.84 Å². The first-order valence-corrected chi connectivity index (χ1v) is 6.49. The Bertz CT molecular complexity index is 587. The second-order valence-corrected chi connectivity index (χ2v) is 5.63. The average molecular weight is 273 g/mol. The minimum atomic E-state index is -0.503. The summed E-state index contributed by atoms with van der Waals surface area (Å²) in [7, 11) is 1.49. The van der Waals surface area contributed by atoms with E-state index in [0.717, 1.165) is 17.7 Å². The van der Waals surface area contributed by atoms with Gasteiger partial charge in [-0.1, -0.05) is 6.07 Å². The molecule has 0 fully saturated rings. The molecule has 0 saturated carbocycles. The summed E-state index contributed by atoms with van der Waals surface area (Å²) in [4.78, 5) is 0. The van der Waals surface area contributed by atoms with E-state index < -0.39 is 6.04 Å². The average Bonchev–Trinajstić information content (AvgIpc) is 2.65. The van der Waals surface area contributed by atoms with Crippen LogP contribution in [0.25, 0.3) is 0 Å². The maximum atomic E-state index is 9.65. The van der Waals surface area contributed by atoms with Crippen molar-refractivity contribution in [3.63, 3.8) is 0 Å². The standard InChI is InChI=1S/C15H19N3O2/c1-10-8-15(2,3)18(17-10)12(9-16)11-5-6-13(19)14(7-11)20-4/h5-7,12,19H,8H2,1-4H3/t12-/m0/s1. The number of phenols is 1. The van der Waals surface area contributed by atoms with E-state index in [1.807, 2.05) is 11.9 Å². The van der Waals surface area contributed by atoms with Crippen LogP contribution in [0.3, 0.4) is 0 Å². The van der Waals surface area contributed by atoms with Crippen molar-refractivity contribution in [2.24, 2.45) is 5.10 Å². The van der Waals surface area contributed by atoms with Gasteiger partial charge in [0, 0.05) is 12.1 Å². The summed E-state index contributed by atoms with van der Waals surface area (Å²) < 4.78 is 5.10. The summed E-state index contributed by atoms with van der Waals surface area (Å²) in [5.74, 6) is 0.425. The Labute approximate surface area is 119 Å². The lowest BCUT2D eigenvalue weighted by Crippen LogP contribution is -2.38. The molecule has 1 aliphatic heterocycles. The molecule has 1 aliphatic rings. The number of hydrazone groups is 1. The molecular weight excluding hydrogens is 254 g/mol. The minimum absolute atomic E-state index is 0.0632. The van der Waals surface area contributed by atoms with Gasteiger partial charge in [-0.3, -0.25) is 5.01 Å². The van der Waals surface area contributed by atoms with E-state index in [0.29, 0.717) is 5.75 Å². The molecule has 1 aromatic rings. The number of hydrogen-bond donors (Lipinski definition) is 1. The molecule has 1 N–H and O–H groups in total. The van der Waals surface area contributed by atoms with Gasteiger partial charge in [-0.25, -0.2) is 0 Å². The van der Waals surface area contributed by atoms with E-state index in [9.17, 15) is 10.4 Å². The first-order valence-electron chi connectivity index (χ1n) is 6.49. The van der Waals surface area contributed by atoms with Crippen LogP contribution in [-0.4, -0.2) is 28.5 Å². The highest BCUT2D eigenvalue weighted by atomic mass is 16.5. The van der Waals surface area contributed by atoms with Crippen LogP contribution in [0.1, 0.15) is 38.8 Å². The number of nitrogens with zero attached hydrogens (tertiary/aromatic N) is 3. The second kappa shape index (κ2) is 5.04. The first kappa shape index (κ1) is 14.2. The quantitative estimate of drug-likeness (QED) is 0.919.